The Labute approximate surface area is 201 Å². The molecule has 0 radical (unpaired) electrons. The van der Waals surface area contributed by atoms with Crippen molar-refractivity contribution in [3.8, 4) is 11.5 Å². The van der Waals surface area contributed by atoms with Crippen molar-refractivity contribution in [3.63, 3.8) is 0 Å². The molecule has 1 aliphatic rings. The molecule has 0 bridgehead atoms. The van der Waals surface area contributed by atoms with Crippen LogP contribution in [0.5, 0.6) is 11.5 Å². The summed E-state index contributed by atoms with van der Waals surface area (Å²) in [5.74, 6) is 1.51. The van der Waals surface area contributed by atoms with Crippen molar-refractivity contribution >= 4 is 16.7 Å². The minimum Gasteiger partial charge on any atom is -0.492 e. The molecule has 0 unspecified atom stereocenters. The fourth-order valence-corrected chi connectivity index (χ4v) is 4.42. The average Bonchev–Trinajstić information content (AvgIpc) is 2.89. The third kappa shape index (κ3) is 5.97. The molecule has 0 aliphatic heterocycles. The Balaban J connectivity index is 1.46. The van der Waals surface area contributed by atoms with Crippen molar-refractivity contribution < 1.29 is 23.7 Å². The standard InChI is InChI=1S/C29H32O5/c1-2-27(30)32-20-18-31-19-21-34-29-25-14-8-6-12-23(25)28(24-13-7-9-15-26(24)29)33-17-16-22-10-4-3-5-11-22/h2-6,8,10-12,14H,1,7,9,13,15-21H2. The smallest absolute Gasteiger partial charge is 0.330 e. The zero-order valence-electron chi connectivity index (χ0n) is 19.6. The lowest BCUT2D eigenvalue weighted by atomic mass is 9.87. The van der Waals surface area contributed by atoms with E-state index in [1.54, 1.807) is 0 Å². The van der Waals surface area contributed by atoms with Crippen LogP contribution >= 0.6 is 0 Å². The summed E-state index contributed by atoms with van der Waals surface area (Å²) in [6.45, 7) is 5.41. The van der Waals surface area contributed by atoms with Gasteiger partial charge in [0.25, 0.3) is 0 Å². The zero-order valence-corrected chi connectivity index (χ0v) is 19.6. The minimum absolute atomic E-state index is 0.207. The molecule has 0 atom stereocenters. The summed E-state index contributed by atoms with van der Waals surface area (Å²) in [4.78, 5) is 11.1. The van der Waals surface area contributed by atoms with Crippen LogP contribution in [-0.2, 0) is 33.5 Å². The summed E-state index contributed by atoms with van der Waals surface area (Å²) in [5, 5.41) is 2.18. The van der Waals surface area contributed by atoms with Gasteiger partial charge in [-0.05, 0) is 31.2 Å². The Kier molecular flexibility index (Phi) is 8.58. The van der Waals surface area contributed by atoms with E-state index in [4.69, 9.17) is 18.9 Å². The van der Waals surface area contributed by atoms with Crippen LogP contribution in [0.2, 0.25) is 0 Å². The summed E-state index contributed by atoms with van der Waals surface area (Å²) in [7, 11) is 0. The van der Waals surface area contributed by atoms with E-state index in [-0.39, 0.29) is 6.61 Å². The molecule has 3 aromatic carbocycles. The first-order valence-corrected chi connectivity index (χ1v) is 12.0. The second kappa shape index (κ2) is 12.2. The molecule has 1 aliphatic carbocycles. The molecular formula is C29H32O5. The van der Waals surface area contributed by atoms with Crippen LogP contribution in [-0.4, -0.2) is 39.0 Å². The molecule has 4 rings (SSSR count). The summed E-state index contributed by atoms with van der Waals surface area (Å²) < 4.78 is 23.2. The van der Waals surface area contributed by atoms with E-state index >= 15 is 0 Å². The minimum atomic E-state index is -0.441. The van der Waals surface area contributed by atoms with E-state index in [1.165, 1.54) is 16.7 Å². The number of hydrogen-bond donors (Lipinski definition) is 0. The lowest BCUT2D eigenvalue weighted by Gasteiger charge is -2.25. The Morgan fingerprint density at radius 3 is 2.00 bits per heavy atom. The van der Waals surface area contributed by atoms with Gasteiger partial charge in [-0.2, -0.15) is 0 Å². The van der Waals surface area contributed by atoms with E-state index in [0.29, 0.717) is 26.4 Å². The monoisotopic (exact) mass is 460 g/mol. The van der Waals surface area contributed by atoms with E-state index in [2.05, 4.69) is 49.0 Å². The highest BCUT2D eigenvalue weighted by atomic mass is 16.6. The van der Waals surface area contributed by atoms with Crippen LogP contribution in [0.4, 0.5) is 0 Å². The van der Waals surface area contributed by atoms with Crippen LogP contribution in [0.1, 0.15) is 29.5 Å². The summed E-state index contributed by atoms with van der Waals surface area (Å²) in [5.41, 5.74) is 3.82. The molecule has 0 heterocycles. The maximum absolute atomic E-state index is 11.1. The fraction of sp³-hybridized carbons (Fsp3) is 0.345. The first-order valence-electron chi connectivity index (χ1n) is 12.0. The van der Waals surface area contributed by atoms with Gasteiger partial charge in [-0.1, -0.05) is 61.2 Å². The lowest BCUT2D eigenvalue weighted by molar-refractivity contribution is -0.139. The first-order chi connectivity index (χ1) is 16.8. The molecule has 0 N–H and O–H groups in total. The molecule has 34 heavy (non-hydrogen) atoms. The summed E-state index contributed by atoms with van der Waals surface area (Å²) in [6.07, 6.45) is 6.32. The number of hydrogen-bond acceptors (Lipinski definition) is 5. The number of carbonyl (C=O) groups is 1. The van der Waals surface area contributed by atoms with Gasteiger partial charge in [0.1, 0.15) is 24.7 Å². The lowest BCUT2D eigenvalue weighted by Crippen LogP contribution is -2.15. The van der Waals surface area contributed by atoms with Gasteiger partial charge in [0.2, 0.25) is 0 Å². The van der Waals surface area contributed by atoms with Gasteiger partial charge < -0.3 is 18.9 Å². The molecule has 5 nitrogen and oxygen atoms in total. The van der Waals surface area contributed by atoms with Crippen LogP contribution in [0.3, 0.4) is 0 Å². The molecule has 0 aromatic heterocycles. The Morgan fingerprint density at radius 2 is 1.35 bits per heavy atom. The Hall–Kier alpha value is -3.31. The van der Waals surface area contributed by atoms with E-state index < -0.39 is 5.97 Å². The molecule has 0 saturated carbocycles. The normalized spacial score (nSPS) is 12.7. The molecule has 0 amide bonds. The van der Waals surface area contributed by atoms with Crippen molar-refractivity contribution in [2.45, 2.75) is 32.1 Å². The SMILES string of the molecule is C=CC(=O)OCCOCCOc1c2c(c(OCCc3ccccc3)c3ccccc13)CCCC2. The highest BCUT2D eigenvalue weighted by Crippen LogP contribution is 2.44. The molecular weight excluding hydrogens is 428 g/mol. The topological polar surface area (TPSA) is 54.0 Å². The molecule has 5 heteroatoms. The zero-order chi connectivity index (χ0) is 23.6. The van der Waals surface area contributed by atoms with Gasteiger partial charge in [-0.15, -0.1) is 0 Å². The summed E-state index contributed by atoms with van der Waals surface area (Å²) in [6, 6.07) is 18.8. The van der Waals surface area contributed by atoms with Gasteiger partial charge in [0.05, 0.1) is 19.8 Å². The first kappa shape index (κ1) is 23.8. The quantitative estimate of drug-likeness (QED) is 0.204. The largest absolute Gasteiger partial charge is 0.492 e. The average molecular weight is 461 g/mol. The molecule has 3 aromatic rings. The van der Waals surface area contributed by atoms with Crippen molar-refractivity contribution in [1.82, 2.24) is 0 Å². The van der Waals surface area contributed by atoms with Gasteiger partial charge in [-0.3, -0.25) is 0 Å². The fourth-order valence-electron chi connectivity index (χ4n) is 4.42. The van der Waals surface area contributed by atoms with Crippen LogP contribution in [0.25, 0.3) is 10.8 Å². The third-order valence-corrected chi connectivity index (χ3v) is 6.03. The molecule has 0 spiro atoms. The van der Waals surface area contributed by atoms with Crippen molar-refractivity contribution in [1.29, 1.82) is 0 Å². The van der Waals surface area contributed by atoms with Gasteiger partial charge in [0, 0.05) is 34.4 Å². The Morgan fingerprint density at radius 1 is 0.765 bits per heavy atom. The maximum atomic E-state index is 11.1. The predicted octanol–water partition coefficient (Wildman–Crippen LogP) is 5.46. The van der Waals surface area contributed by atoms with E-state index in [0.717, 1.165) is 60.5 Å². The number of rotatable bonds is 12. The highest BCUT2D eigenvalue weighted by Gasteiger charge is 2.23. The third-order valence-electron chi connectivity index (χ3n) is 6.03. The van der Waals surface area contributed by atoms with Gasteiger partial charge in [-0.25, -0.2) is 4.79 Å². The number of fused-ring (bicyclic) bond motifs is 2. The van der Waals surface area contributed by atoms with Crippen molar-refractivity contribution in [2.24, 2.45) is 0 Å². The number of benzene rings is 3. The summed E-state index contributed by atoms with van der Waals surface area (Å²) >= 11 is 0. The number of esters is 1. The van der Waals surface area contributed by atoms with Crippen molar-refractivity contribution in [3.05, 3.63) is 83.9 Å². The van der Waals surface area contributed by atoms with E-state index in [1.807, 2.05) is 12.1 Å². The van der Waals surface area contributed by atoms with Crippen LogP contribution in [0, 0.1) is 0 Å². The number of ether oxygens (including phenoxy) is 4. The Bertz CT molecular complexity index is 1110. The van der Waals surface area contributed by atoms with Crippen LogP contribution < -0.4 is 9.47 Å². The van der Waals surface area contributed by atoms with Crippen molar-refractivity contribution in [2.75, 3.05) is 33.0 Å². The highest BCUT2D eigenvalue weighted by molar-refractivity contribution is 5.96. The second-order valence-corrected chi connectivity index (χ2v) is 8.28. The predicted molar refractivity (Wildman–Crippen MR) is 134 cm³/mol. The van der Waals surface area contributed by atoms with Gasteiger partial charge >= 0.3 is 5.97 Å². The second-order valence-electron chi connectivity index (χ2n) is 8.28. The number of carbonyl (C=O) groups excluding carboxylic acids is 1. The maximum Gasteiger partial charge on any atom is 0.330 e. The van der Waals surface area contributed by atoms with Gasteiger partial charge in [0.15, 0.2) is 0 Å². The van der Waals surface area contributed by atoms with Crippen LogP contribution in [0.15, 0.2) is 67.3 Å². The molecule has 0 fully saturated rings. The molecule has 178 valence electrons. The molecule has 0 saturated heterocycles. The van der Waals surface area contributed by atoms with E-state index in [9.17, 15) is 4.79 Å².